The van der Waals surface area contributed by atoms with E-state index < -0.39 is 0 Å². The second kappa shape index (κ2) is 13.5. The number of nitrogens with zero attached hydrogens (tertiary/aromatic N) is 4. The van der Waals surface area contributed by atoms with Crippen molar-refractivity contribution in [3.63, 3.8) is 0 Å². The predicted molar refractivity (Wildman–Crippen MR) is 269 cm³/mol. The molecule has 4 heteroatoms. The van der Waals surface area contributed by atoms with Crippen LogP contribution in [0.25, 0.3) is 110 Å². The SMILES string of the molecule is CC1(C)CCC(C)(C)c2cc3c(cc21)c1cc2c4c5ccccc5ccc4n(-c4nc(-c5ccc(-c6cccc7ccccc67)cc5)c5ccccc5n4)c2cc1n3-c1ccccc1. The topological polar surface area (TPSA) is 35.6 Å². The quantitative estimate of drug-likeness (QED) is 0.177. The van der Waals surface area contributed by atoms with Crippen LogP contribution in [-0.2, 0) is 10.8 Å². The zero-order valence-electron chi connectivity index (χ0n) is 36.5. The van der Waals surface area contributed by atoms with Crippen molar-refractivity contribution < 1.29 is 0 Å². The summed E-state index contributed by atoms with van der Waals surface area (Å²) >= 11 is 0. The highest BCUT2D eigenvalue weighted by molar-refractivity contribution is 6.25. The van der Waals surface area contributed by atoms with Gasteiger partial charge in [0.1, 0.15) is 0 Å². The molecule has 0 fully saturated rings. The number of rotatable bonds is 4. The molecule has 13 rings (SSSR count). The van der Waals surface area contributed by atoms with Crippen LogP contribution in [0.3, 0.4) is 0 Å². The minimum absolute atomic E-state index is 0.0782. The monoisotopic (exact) mass is 822 g/mol. The average molecular weight is 823 g/mol. The van der Waals surface area contributed by atoms with Gasteiger partial charge in [-0.3, -0.25) is 4.57 Å². The number of hydrogen-bond donors (Lipinski definition) is 0. The summed E-state index contributed by atoms with van der Waals surface area (Å²) < 4.78 is 4.81. The molecule has 0 unspecified atom stereocenters. The Morgan fingerprint density at radius 1 is 0.406 bits per heavy atom. The molecule has 12 aromatic rings. The first-order chi connectivity index (χ1) is 31.2. The van der Waals surface area contributed by atoms with Crippen molar-refractivity contribution in [2.45, 2.75) is 51.4 Å². The van der Waals surface area contributed by atoms with Crippen molar-refractivity contribution in [2.75, 3.05) is 0 Å². The summed E-state index contributed by atoms with van der Waals surface area (Å²) in [4.78, 5) is 11.0. The third-order valence-electron chi connectivity index (χ3n) is 14.6. The molecule has 64 heavy (non-hydrogen) atoms. The van der Waals surface area contributed by atoms with Crippen LogP contribution in [0.2, 0.25) is 0 Å². The van der Waals surface area contributed by atoms with Crippen molar-refractivity contribution in [1.82, 2.24) is 19.1 Å². The maximum absolute atomic E-state index is 5.58. The highest BCUT2D eigenvalue weighted by atomic mass is 15.2. The Morgan fingerprint density at radius 2 is 1.00 bits per heavy atom. The number of hydrogen-bond acceptors (Lipinski definition) is 2. The first-order valence-corrected chi connectivity index (χ1v) is 22.6. The molecule has 0 saturated carbocycles. The number of benzene rings is 9. The number of aromatic nitrogens is 4. The standard InChI is InChI=1S/C60H46N4/c1-59(2)31-32-60(3,4)50-35-53-47(34-49(50)59)46-33-48-55(36-54(46)63(53)41-18-6-5-7-19-41)64(52-30-29-38-16-9-11-21-44(38)56(48)52)58-61-51-24-13-12-22-45(51)57(62-58)40-27-25-39(26-28-40)43-23-14-17-37-15-8-10-20-42(37)43/h5-30,33-36H,31-32H2,1-4H3. The molecule has 3 heterocycles. The van der Waals surface area contributed by atoms with Crippen LogP contribution < -0.4 is 0 Å². The lowest BCUT2D eigenvalue weighted by atomic mass is 9.63. The van der Waals surface area contributed by atoms with Gasteiger partial charge in [-0.2, -0.15) is 0 Å². The largest absolute Gasteiger partial charge is 0.309 e. The van der Waals surface area contributed by atoms with Crippen molar-refractivity contribution >= 4 is 76.1 Å². The molecule has 0 aliphatic heterocycles. The van der Waals surface area contributed by atoms with Crippen LogP contribution in [0, 0.1) is 0 Å². The summed E-state index contributed by atoms with van der Waals surface area (Å²) in [6.45, 7) is 9.71. The maximum Gasteiger partial charge on any atom is 0.235 e. The van der Waals surface area contributed by atoms with Gasteiger partial charge in [0, 0.05) is 38.2 Å². The zero-order valence-corrected chi connectivity index (χ0v) is 36.5. The van der Waals surface area contributed by atoms with Gasteiger partial charge >= 0.3 is 0 Å². The molecule has 0 radical (unpaired) electrons. The van der Waals surface area contributed by atoms with Gasteiger partial charge in [-0.25, -0.2) is 9.97 Å². The van der Waals surface area contributed by atoms with E-state index in [1.165, 1.54) is 89.2 Å². The molecule has 306 valence electrons. The van der Waals surface area contributed by atoms with Crippen molar-refractivity contribution in [2.24, 2.45) is 0 Å². The molecule has 0 N–H and O–H groups in total. The maximum atomic E-state index is 5.58. The Kier molecular flexibility index (Phi) is 7.80. The fraction of sp³-hybridized carbons (Fsp3) is 0.133. The molecule has 4 nitrogen and oxygen atoms in total. The molecule has 1 aliphatic rings. The van der Waals surface area contributed by atoms with Crippen molar-refractivity contribution in [3.8, 4) is 34.0 Å². The summed E-state index contributed by atoms with van der Waals surface area (Å²) in [5, 5.41) is 10.9. The fourth-order valence-electron chi connectivity index (χ4n) is 11.1. The van der Waals surface area contributed by atoms with Crippen LogP contribution in [0.15, 0.2) is 182 Å². The van der Waals surface area contributed by atoms with Crippen LogP contribution in [0.4, 0.5) is 0 Å². The Labute approximate surface area is 372 Å². The molecular formula is C60H46N4. The predicted octanol–water partition coefficient (Wildman–Crippen LogP) is 15.8. The molecule has 0 saturated heterocycles. The van der Waals surface area contributed by atoms with Gasteiger partial charge < -0.3 is 4.57 Å². The minimum Gasteiger partial charge on any atom is -0.309 e. The summed E-state index contributed by atoms with van der Waals surface area (Å²) in [6.07, 6.45) is 2.33. The molecule has 0 spiro atoms. The van der Waals surface area contributed by atoms with Crippen LogP contribution in [-0.4, -0.2) is 19.1 Å². The fourth-order valence-corrected chi connectivity index (χ4v) is 11.1. The molecule has 0 bridgehead atoms. The van der Waals surface area contributed by atoms with Gasteiger partial charge in [-0.1, -0.05) is 161 Å². The van der Waals surface area contributed by atoms with E-state index in [1.54, 1.807) is 0 Å². The Morgan fingerprint density at radius 3 is 1.78 bits per heavy atom. The second-order valence-corrected chi connectivity index (χ2v) is 19.2. The lowest BCUT2D eigenvalue weighted by Crippen LogP contribution is -2.33. The van der Waals surface area contributed by atoms with E-state index in [2.05, 4.69) is 219 Å². The Hall–Kier alpha value is -7.56. The zero-order chi connectivity index (χ0) is 42.9. The first-order valence-electron chi connectivity index (χ1n) is 22.6. The van der Waals surface area contributed by atoms with E-state index in [1.807, 2.05) is 0 Å². The average Bonchev–Trinajstić information content (AvgIpc) is 3.83. The molecule has 0 amide bonds. The number of fused-ring (bicyclic) bond motifs is 11. The van der Waals surface area contributed by atoms with Gasteiger partial charge in [-0.05, 0) is 116 Å². The molecule has 9 aromatic carbocycles. The molecule has 1 aliphatic carbocycles. The molecular weight excluding hydrogens is 777 g/mol. The highest BCUT2D eigenvalue weighted by Gasteiger charge is 2.38. The number of para-hydroxylation sites is 2. The Bertz CT molecular complexity index is 3880. The highest BCUT2D eigenvalue weighted by Crippen LogP contribution is 2.50. The van der Waals surface area contributed by atoms with E-state index >= 15 is 0 Å². The van der Waals surface area contributed by atoms with Gasteiger partial charge in [0.15, 0.2) is 0 Å². The third kappa shape index (κ3) is 5.42. The summed E-state index contributed by atoms with van der Waals surface area (Å²) in [6, 6.07) is 66.6. The smallest absolute Gasteiger partial charge is 0.235 e. The minimum atomic E-state index is 0.0782. The summed E-state index contributed by atoms with van der Waals surface area (Å²) in [5.41, 5.74) is 14.1. The lowest BCUT2D eigenvalue weighted by molar-refractivity contribution is 0.332. The van der Waals surface area contributed by atoms with Crippen LogP contribution in [0.5, 0.6) is 0 Å². The van der Waals surface area contributed by atoms with Gasteiger partial charge in [0.25, 0.3) is 0 Å². The van der Waals surface area contributed by atoms with E-state index in [0.29, 0.717) is 5.95 Å². The van der Waals surface area contributed by atoms with E-state index in [4.69, 9.17) is 9.97 Å². The van der Waals surface area contributed by atoms with E-state index in [9.17, 15) is 0 Å². The Balaban J connectivity index is 1.11. The molecule has 3 aromatic heterocycles. The van der Waals surface area contributed by atoms with Crippen molar-refractivity contribution in [3.05, 3.63) is 193 Å². The van der Waals surface area contributed by atoms with Gasteiger partial charge in [0.05, 0.1) is 33.3 Å². The van der Waals surface area contributed by atoms with E-state index in [-0.39, 0.29) is 10.8 Å². The normalized spacial score (nSPS) is 14.7. The van der Waals surface area contributed by atoms with Crippen LogP contribution in [0.1, 0.15) is 51.7 Å². The van der Waals surface area contributed by atoms with Crippen LogP contribution >= 0.6 is 0 Å². The first kappa shape index (κ1) is 37.0. The summed E-state index contributed by atoms with van der Waals surface area (Å²) in [5.74, 6) is 0.655. The van der Waals surface area contributed by atoms with Gasteiger partial charge in [-0.15, -0.1) is 0 Å². The third-order valence-corrected chi connectivity index (χ3v) is 14.6. The van der Waals surface area contributed by atoms with Crippen molar-refractivity contribution in [1.29, 1.82) is 0 Å². The van der Waals surface area contributed by atoms with Gasteiger partial charge in [0.2, 0.25) is 5.95 Å². The lowest BCUT2D eigenvalue weighted by Gasteiger charge is -2.42. The van der Waals surface area contributed by atoms with E-state index in [0.717, 1.165) is 38.9 Å². The summed E-state index contributed by atoms with van der Waals surface area (Å²) in [7, 11) is 0. The second-order valence-electron chi connectivity index (χ2n) is 19.2. The molecule has 0 atom stereocenters.